The van der Waals surface area contributed by atoms with Gasteiger partial charge >= 0.3 is 11.9 Å². The number of aliphatic carboxylic acids is 1. The van der Waals surface area contributed by atoms with Crippen molar-refractivity contribution < 1.29 is 47.5 Å². The molecule has 0 aliphatic heterocycles. The molecule has 0 fully saturated rings. The van der Waals surface area contributed by atoms with Crippen LogP contribution in [0.25, 0.3) is 22.3 Å². The number of carboxylic acid groups (broad SMARTS) is 1. The molecule has 0 aromatic heterocycles. The number of rotatable bonds is 15. The molecule has 11 heteroatoms. The second-order valence-corrected chi connectivity index (χ2v) is 19.3. The number of ether oxygens (including phenoxy) is 4. The Bertz CT molecular complexity index is 2610. The minimum atomic E-state index is -0.808. The Morgan fingerprint density at radius 3 is 1.43 bits per heavy atom. The molecule has 6 aromatic carbocycles. The lowest BCUT2D eigenvalue weighted by atomic mass is 9.81. The quantitative estimate of drug-likeness (QED) is 0.0773. The lowest BCUT2D eigenvalue weighted by molar-refractivity contribution is -0.147. The van der Waals surface area contributed by atoms with Crippen LogP contribution >= 0.6 is 11.6 Å². The Morgan fingerprint density at radius 2 is 1.00 bits per heavy atom. The van der Waals surface area contributed by atoms with E-state index in [1.165, 1.54) is 12.1 Å². The fraction of sp³-hybridized carbons (Fsp3) is 0.345. The number of carbonyl (C=O) groups excluding carboxylic acids is 1. The van der Waals surface area contributed by atoms with E-state index in [2.05, 4.69) is 41.5 Å². The third-order valence-electron chi connectivity index (χ3n) is 11.3. The molecule has 0 amide bonds. The van der Waals surface area contributed by atoms with Gasteiger partial charge < -0.3 is 29.2 Å². The molecule has 0 spiro atoms. The molecule has 2 unspecified atom stereocenters. The largest absolute Gasteiger partial charge is 0.508 e. The van der Waals surface area contributed by atoms with E-state index in [1.807, 2.05) is 79.7 Å². The van der Waals surface area contributed by atoms with Gasteiger partial charge in [0.15, 0.2) is 0 Å². The van der Waals surface area contributed by atoms with Gasteiger partial charge in [-0.15, -0.1) is 11.6 Å². The zero-order valence-corrected chi connectivity index (χ0v) is 42.5. The van der Waals surface area contributed by atoms with E-state index in [-0.39, 0.29) is 40.1 Å². The number of phenolic OH excluding ortho intramolecular Hbond substituents is 1. The van der Waals surface area contributed by atoms with Gasteiger partial charge in [-0.05, 0) is 148 Å². The molecular formula is C58H67ClF2O8. The molecular weight excluding hydrogens is 898 g/mol. The first-order valence-corrected chi connectivity index (χ1v) is 23.5. The highest BCUT2D eigenvalue weighted by Gasteiger charge is 2.23. The Balaban J connectivity index is 0.000000246. The number of phenols is 1. The Morgan fingerprint density at radius 1 is 0.580 bits per heavy atom. The van der Waals surface area contributed by atoms with Crippen LogP contribution in [0.2, 0.25) is 0 Å². The lowest BCUT2D eigenvalue weighted by Crippen LogP contribution is -2.16. The third-order valence-corrected chi connectivity index (χ3v) is 11.6. The highest BCUT2D eigenvalue weighted by molar-refractivity contribution is 6.17. The van der Waals surface area contributed by atoms with Gasteiger partial charge in [0.1, 0.15) is 41.2 Å². The van der Waals surface area contributed by atoms with Crippen LogP contribution in [0.4, 0.5) is 8.78 Å². The fourth-order valence-corrected chi connectivity index (χ4v) is 7.63. The number of hydrogen-bond donors (Lipinski definition) is 2. The van der Waals surface area contributed by atoms with Crippen molar-refractivity contribution in [2.75, 3.05) is 20.8 Å². The van der Waals surface area contributed by atoms with E-state index in [1.54, 1.807) is 64.5 Å². The molecule has 368 valence electrons. The summed E-state index contributed by atoms with van der Waals surface area (Å²) in [6, 6.07) is 35.9. The van der Waals surface area contributed by atoms with Gasteiger partial charge in [0.2, 0.25) is 0 Å². The SMILES string of the molecule is CCOC(=O)C(C)Cc1ccc(O)cc1.COc1ccc(F)c(-c2cc(CCl)ccc2C(C)(C)C)c1.COc1ccc(F)c(-c2cc(COc3ccc(CC(C)C(=O)O)cc3)ccc2C(C)(C)C)c1. The highest BCUT2D eigenvalue weighted by atomic mass is 35.5. The van der Waals surface area contributed by atoms with Gasteiger partial charge in [0.05, 0.1) is 32.7 Å². The van der Waals surface area contributed by atoms with Gasteiger partial charge in [-0.3, -0.25) is 9.59 Å². The van der Waals surface area contributed by atoms with Crippen molar-refractivity contribution >= 4 is 23.5 Å². The first kappa shape index (κ1) is 55.2. The molecule has 2 N–H and O–H groups in total. The zero-order valence-electron chi connectivity index (χ0n) is 41.7. The maximum Gasteiger partial charge on any atom is 0.308 e. The van der Waals surface area contributed by atoms with Crippen LogP contribution < -0.4 is 14.2 Å². The van der Waals surface area contributed by atoms with Crippen LogP contribution in [0.1, 0.15) is 95.7 Å². The number of alkyl halides is 1. The van der Waals surface area contributed by atoms with Gasteiger partial charge in [0, 0.05) is 17.0 Å². The number of aromatic hydroxyl groups is 1. The van der Waals surface area contributed by atoms with Crippen molar-refractivity contribution in [3.63, 3.8) is 0 Å². The molecule has 8 nitrogen and oxygen atoms in total. The average molecular weight is 966 g/mol. The molecule has 0 aliphatic carbocycles. The van der Waals surface area contributed by atoms with E-state index in [0.717, 1.165) is 44.5 Å². The molecule has 0 bridgehead atoms. The molecule has 0 aliphatic rings. The molecule has 69 heavy (non-hydrogen) atoms. The topological polar surface area (TPSA) is 112 Å². The van der Waals surface area contributed by atoms with Gasteiger partial charge in [-0.25, -0.2) is 8.78 Å². The maximum atomic E-state index is 14.8. The van der Waals surface area contributed by atoms with Crippen LogP contribution in [0.5, 0.6) is 23.0 Å². The summed E-state index contributed by atoms with van der Waals surface area (Å²) < 4.78 is 50.5. The van der Waals surface area contributed by atoms with E-state index < -0.39 is 11.9 Å². The van der Waals surface area contributed by atoms with Gasteiger partial charge in [-0.1, -0.05) is 104 Å². The van der Waals surface area contributed by atoms with Crippen molar-refractivity contribution in [3.05, 3.63) is 166 Å². The Hall–Kier alpha value is -6.39. The fourth-order valence-electron chi connectivity index (χ4n) is 7.47. The number of esters is 1. The molecule has 0 saturated heterocycles. The van der Waals surface area contributed by atoms with E-state index in [9.17, 15) is 18.4 Å². The summed E-state index contributed by atoms with van der Waals surface area (Å²) in [4.78, 5) is 22.4. The zero-order chi connectivity index (χ0) is 51.1. The second kappa shape index (κ2) is 25.3. The summed E-state index contributed by atoms with van der Waals surface area (Å²) in [5.74, 6) is 0.457. The summed E-state index contributed by atoms with van der Waals surface area (Å²) in [5, 5.41) is 18.2. The van der Waals surface area contributed by atoms with Crippen molar-refractivity contribution in [2.45, 2.75) is 98.5 Å². The number of benzene rings is 6. The standard InChI is InChI=1S/C28H31FO4.C18H20ClFO.C12H16O3/c1-18(27(30)31)14-19-6-9-21(10-7-19)33-17-20-8-12-25(28(2,3)4)23(15-20)24-16-22(32-5)11-13-26(24)29;1-18(2,3)16-7-5-12(11-19)9-14(16)15-10-13(21-4)6-8-17(15)20;1-3-15-12(14)9(2)8-10-4-6-11(13)7-5-10/h6-13,15-16,18H,14,17H2,1-5H3,(H,30,31);5-10H,11H2,1-4H3;4-7,9,13H,3,8H2,1-2H3. The summed E-state index contributed by atoms with van der Waals surface area (Å²) in [5.41, 5.74) is 8.46. The van der Waals surface area contributed by atoms with Crippen LogP contribution in [-0.4, -0.2) is 43.0 Å². The van der Waals surface area contributed by atoms with Gasteiger partial charge in [0.25, 0.3) is 0 Å². The third kappa shape index (κ3) is 16.4. The van der Waals surface area contributed by atoms with Gasteiger partial charge in [-0.2, -0.15) is 0 Å². The Labute approximate surface area is 412 Å². The lowest BCUT2D eigenvalue weighted by Gasteiger charge is -2.24. The van der Waals surface area contributed by atoms with E-state index in [4.69, 9.17) is 40.8 Å². The summed E-state index contributed by atoms with van der Waals surface area (Å²) in [6.45, 7) is 18.7. The number of hydrogen-bond acceptors (Lipinski definition) is 7. The molecule has 6 aromatic rings. The predicted octanol–water partition coefficient (Wildman–Crippen LogP) is 14.3. The van der Waals surface area contributed by atoms with Crippen molar-refractivity contribution in [1.29, 1.82) is 0 Å². The minimum absolute atomic E-state index is 0.0876. The van der Waals surface area contributed by atoms with Crippen molar-refractivity contribution in [1.82, 2.24) is 0 Å². The van der Waals surface area contributed by atoms with E-state index in [0.29, 0.717) is 60.3 Å². The number of methoxy groups -OCH3 is 2. The van der Waals surface area contributed by atoms with Crippen LogP contribution in [-0.2, 0) is 50.5 Å². The highest BCUT2D eigenvalue weighted by Crippen LogP contribution is 2.38. The number of carboxylic acids is 1. The number of halogens is 3. The predicted molar refractivity (Wildman–Crippen MR) is 273 cm³/mol. The summed E-state index contributed by atoms with van der Waals surface area (Å²) in [6.07, 6.45) is 1.11. The molecule has 0 saturated carbocycles. The molecule has 6 rings (SSSR count). The molecule has 2 atom stereocenters. The molecule has 0 radical (unpaired) electrons. The van der Waals surface area contributed by atoms with Crippen LogP contribution in [0.3, 0.4) is 0 Å². The van der Waals surface area contributed by atoms with Crippen molar-refractivity contribution in [3.8, 4) is 45.3 Å². The average Bonchev–Trinajstić information content (AvgIpc) is 3.32. The van der Waals surface area contributed by atoms with Crippen molar-refractivity contribution in [2.24, 2.45) is 11.8 Å². The van der Waals surface area contributed by atoms with Crippen LogP contribution in [0, 0.1) is 23.5 Å². The van der Waals surface area contributed by atoms with E-state index >= 15 is 0 Å². The number of carbonyl (C=O) groups is 2. The maximum absolute atomic E-state index is 14.8. The normalized spacial score (nSPS) is 12.0. The smallest absolute Gasteiger partial charge is 0.308 e. The summed E-state index contributed by atoms with van der Waals surface area (Å²) in [7, 11) is 3.15. The second-order valence-electron chi connectivity index (χ2n) is 19.0. The summed E-state index contributed by atoms with van der Waals surface area (Å²) >= 11 is 5.93. The monoisotopic (exact) mass is 964 g/mol. The molecule has 0 heterocycles. The van der Waals surface area contributed by atoms with Crippen LogP contribution in [0.15, 0.2) is 121 Å². The first-order chi connectivity index (χ1) is 32.6. The Kier molecular flexibility index (Phi) is 20.2. The first-order valence-electron chi connectivity index (χ1n) is 23.0. The minimum Gasteiger partial charge on any atom is -0.508 e.